The fraction of sp³-hybridized carbons (Fsp3) is 0.429. The molecule has 0 spiro atoms. The van der Waals surface area contributed by atoms with Crippen LogP contribution in [0.1, 0.15) is 36.2 Å². The molecule has 5 nitrogen and oxygen atoms in total. The van der Waals surface area contributed by atoms with E-state index in [0.717, 1.165) is 6.42 Å². The van der Waals surface area contributed by atoms with Gasteiger partial charge in [-0.2, -0.15) is 0 Å². The summed E-state index contributed by atoms with van der Waals surface area (Å²) in [7, 11) is 0. The molecule has 0 bridgehead atoms. The molecule has 0 heterocycles. The van der Waals surface area contributed by atoms with Crippen LogP contribution in [0.15, 0.2) is 18.2 Å². The van der Waals surface area contributed by atoms with Crippen LogP contribution in [0.4, 0.5) is 0 Å². The molecule has 1 aromatic carbocycles. The van der Waals surface area contributed by atoms with Crippen LogP contribution >= 0.6 is 0 Å². The Morgan fingerprint density at radius 2 is 2.05 bits per heavy atom. The van der Waals surface area contributed by atoms with Gasteiger partial charge in [0.05, 0.1) is 0 Å². The summed E-state index contributed by atoms with van der Waals surface area (Å²) < 4.78 is 0. The van der Waals surface area contributed by atoms with E-state index < -0.39 is 6.04 Å². The summed E-state index contributed by atoms with van der Waals surface area (Å²) in [5.41, 5.74) is 1.12. The maximum Gasteiger partial charge on any atom is 0.252 e. The van der Waals surface area contributed by atoms with E-state index in [4.69, 9.17) is 0 Å². The number of hydrogen-bond acceptors (Lipinski definition) is 3. The van der Waals surface area contributed by atoms with Crippen molar-refractivity contribution in [2.45, 2.75) is 33.2 Å². The number of carbonyl (C=O) groups excluding carboxylic acids is 2. The van der Waals surface area contributed by atoms with E-state index in [2.05, 4.69) is 10.6 Å². The SMILES string of the molecule is CCCNC(=O)C(C)NC(=O)c1ccc(O)cc1C. The molecule has 19 heavy (non-hydrogen) atoms. The monoisotopic (exact) mass is 264 g/mol. The third-order valence-electron chi connectivity index (χ3n) is 2.74. The first-order valence-electron chi connectivity index (χ1n) is 6.34. The summed E-state index contributed by atoms with van der Waals surface area (Å²) in [5, 5.41) is 14.6. The Morgan fingerprint density at radius 1 is 1.37 bits per heavy atom. The lowest BCUT2D eigenvalue weighted by molar-refractivity contribution is -0.122. The molecule has 1 aromatic rings. The summed E-state index contributed by atoms with van der Waals surface area (Å²) in [6.45, 7) is 5.93. The van der Waals surface area contributed by atoms with Crippen molar-refractivity contribution in [1.29, 1.82) is 0 Å². The maximum atomic E-state index is 12.0. The molecule has 0 aliphatic rings. The molecule has 104 valence electrons. The van der Waals surface area contributed by atoms with Gasteiger partial charge in [0.15, 0.2) is 0 Å². The Kier molecular flexibility index (Phi) is 5.36. The van der Waals surface area contributed by atoms with Gasteiger partial charge in [-0.15, -0.1) is 0 Å². The van der Waals surface area contributed by atoms with Gasteiger partial charge in [-0.25, -0.2) is 0 Å². The van der Waals surface area contributed by atoms with Gasteiger partial charge in [-0.3, -0.25) is 9.59 Å². The van der Waals surface area contributed by atoms with E-state index in [1.54, 1.807) is 13.8 Å². The summed E-state index contributed by atoms with van der Waals surface area (Å²) >= 11 is 0. The lowest BCUT2D eigenvalue weighted by Gasteiger charge is -2.14. The lowest BCUT2D eigenvalue weighted by Crippen LogP contribution is -2.45. The van der Waals surface area contributed by atoms with Crippen LogP contribution in [0, 0.1) is 6.92 Å². The van der Waals surface area contributed by atoms with Crippen LogP contribution in [-0.2, 0) is 4.79 Å². The average molecular weight is 264 g/mol. The van der Waals surface area contributed by atoms with Gasteiger partial charge in [0.1, 0.15) is 11.8 Å². The minimum absolute atomic E-state index is 0.114. The molecule has 0 radical (unpaired) electrons. The highest BCUT2D eigenvalue weighted by molar-refractivity contribution is 5.98. The molecule has 5 heteroatoms. The van der Waals surface area contributed by atoms with E-state index >= 15 is 0 Å². The third kappa shape index (κ3) is 4.28. The second-order valence-electron chi connectivity index (χ2n) is 4.49. The van der Waals surface area contributed by atoms with Gasteiger partial charge in [0.2, 0.25) is 5.91 Å². The number of rotatable bonds is 5. The molecule has 0 aliphatic carbocycles. The molecule has 0 fully saturated rings. The van der Waals surface area contributed by atoms with Gasteiger partial charge >= 0.3 is 0 Å². The second-order valence-corrected chi connectivity index (χ2v) is 4.49. The first-order chi connectivity index (χ1) is 8.95. The van der Waals surface area contributed by atoms with Gasteiger partial charge in [0, 0.05) is 12.1 Å². The van der Waals surface area contributed by atoms with Crippen LogP contribution in [0.5, 0.6) is 5.75 Å². The number of phenolic OH excluding ortho intramolecular Hbond substituents is 1. The number of aromatic hydroxyl groups is 1. The van der Waals surface area contributed by atoms with Crippen molar-refractivity contribution in [3.63, 3.8) is 0 Å². The van der Waals surface area contributed by atoms with Crippen molar-refractivity contribution in [3.05, 3.63) is 29.3 Å². The number of benzene rings is 1. The normalized spacial score (nSPS) is 11.7. The zero-order valence-corrected chi connectivity index (χ0v) is 11.5. The quantitative estimate of drug-likeness (QED) is 0.751. The molecule has 0 aliphatic heterocycles. The highest BCUT2D eigenvalue weighted by Crippen LogP contribution is 2.15. The van der Waals surface area contributed by atoms with Crippen molar-refractivity contribution < 1.29 is 14.7 Å². The molecule has 1 atom stereocenters. The Hall–Kier alpha value is -2.04. The zero-order valence-electron chi connectivity index (χ0n) is 11.5. The number of aryl methyl sites for hydroxylation is 1. The Labute approximate surface area is 113 Å². The van der Waals surface area contributed by atoms with E-state index in [1.165, 1.54) is 18.2 Å². The first-order valence-corrected chi connectivity index (χ1v) is 6.34. The van der Waals surface area contributed by atoms with Gasteiger partial charge in [0.25, 0.3) is 5.91 Å². The Bertz CT molecular complexity index is 472. The van der Waals surface area contributed by atoms with E-state index in [9.17, 15) is 14.7 Å². The van der Waals surface area contributed by atoms with E-state index in [0.29, 0.717) is 17.7 Å². The number of phenols is 1. The van der Waals surface area contributed by atoms with Crippen LogP contribution in [0.25, 0.3) is 0 Å². The van der Waals surface area contributed by atoms with Crippen LogP contribution in [0.2, 0.25) is 0 Å². The van der Waals surface area contributed by atoms with Crippen molar-refractivity contribution in [3.8, 4) is 5.75 Å². The molecule has 0 saturated carbocycles. The molecule has 0 aromatic heterocycles. The van der Waals surface area contributed by atoms with Crippen molar-refractivity contribution in [2.24, 2.45) is 0 Å². The molecule has 2 amide bonds. The first kappa shape index (κ1) is 15.0. The Balaban J connectivity index is 2.66. The minimum Gasteiger partial charge on any atom is -0.508 e. The van der Waals surface area contributed by atoms with E-state index in [1.807, 2.05) is 6.92 Å². The van der Waals surface area contributed by atoms with E-state index in [-0.39, 0.29) is 17.6 Å². The second kappa shape index (κ2) is 6.78. The molecule has 1 unspecified atom stereocenters. The number of hydrogen-bond donors (Lipinski definition) is 3. The molecule has 1 rings (SSSR count). The lowest BCUT2D eigenvalue weighted by atomic mass is 10.1. The fourth-order valence-corrected chi connectivity index (χ4v) is 1.64. The van der Waals surface area contributed by atoms with Gasteiger partial charge in [-0.1, -0.05) is 6.92 Å². The predicted octanol–water partition coefficient (Wildman–Crippen LogP) is 1.35. The van der Waals surface area contributed by atoms with Crippen molar-refractivity contribution >= 4 is 11.8 Å². The molecule has 0 saturated heterocycles. The number of carbonyl (C=O) groups is 2. The third-order valence-corrected chi connectivity index (χ3v) is 2.74. The zero-order chi connectivity index (χ0) is 14.4. The highest BCUT2D eigenvalue weighted by Gasteiger charge is 2.17. The van der Waals surface area contributed by atoms with Crippen LogP contribution < -0.4 is 10.6 Å². The largest absolute Gasteiger partial charge is 0.508 e. The summed E-state index contributed by atoms with van der Waals surface area (Å²) in [6.07, 6.45) is 0.851. The minimum atomic E-state index is -0.591. The Morgan fingerprint density at radius 3 is 2.63 bits per heavy atom. The molecule has 3 N–H and O–H groups in total. The highest BCUT2D eigenvalue weighted by atomic mass is 16.3. The standard InChI is InChI=1S/C14H20N2O3/c1-4-7-15-13(18)10(3)16-14(19)12-6-5-11(17)8-9(12)2/h5-6,8,10,17H,4,7H2,1-3H3,(H,15,18)(H,16,19). The smallest absolute Gasteiger partial charge is 0.252 e. The predicted molar refractivity (Wildman–Crippen MR) is 73.1 cm³/mol. The topological polar surface area (TPSA) is 78.4 Å². The maximum absolute atomic E-state index is 12.0. The van der Waals surface area contributed by atoms with Crippen LogP contribution in [0.3, 0.4) is 0 Å². The number of amides is 2. The average Bonchev–Trinajstić information content (AvgIpc) is 2.35. The van der Waals surface area contributed by atoms with Crippen LogP contribution in [-0.4, -0.2) is 29.5 Å². The van der Waals surface area contributed by atoms with Gasteiger partial charge < -0.3 is 15.7 Å². The summed E-state index contributed by atoms with van der Waals surface area (Å²) in [4.78, 5) is 23.6. The van der Waals surface area contributed by atoms with Crippen molar-refractivity contribution in [2.75, 3.05) is 6.54 Å². The van der Waals surface area contributed by atoms with Gasteiger partial charge in [-0.05, 0) is 44.0 Å². The number of nitrogens with one attached hydrogen (secondary N) is 2. The molecular weight excluding hydrogens is 244 g/mol. The van der Waals surface area contributed by atoms with Crippen molar-refractivity contribution in [1.82, 2.24) is 10.6 Å². The fourth-order valence-electron chi connectivity index (χ4n) is 1.64. The molecular formula is C14H20N2O3. The summed E-state index contributed by atoms with van der Waals surface area (Å²) in [6, 6.07) is 3.91. The summed E-state index contributed by atoms with van der Waals surface area (Å²) in [5.74, 6) is -0.411.